The number of hydrogen-bond donors (Lipinski definition) is 1. The molecule has 1 N–H and O–H groups in total. The third kappa shape index (κ3) is 4.67. The summed E-state index contributed by atoms with van der Waals surface area (Å²) in [6, 6.07) is 11.7. The van der Waals surface area contributed by atoms with Crippen LogP contribution in [0.4, 0.5) is 5.69 Å². The third-order valence-corrected chi connectivity index (χ3v) is 7.96. The van der Waals surface area contributed by atoms with E-state index in [-0.39, 0.29) is 36.5 Å². The summed E-state index contributed by atoms with van der Waals surface area (Å²) in [6.07, 6.45) is 0.104. The van der Waals surface area contributed by atoms with Gasteiger partial charge in [0.2, 0.25) is 28.6 Å². The number of benzene rings is 2. The van der Waals surface area contributed by atoms with Gasteiger partial charge in [0, 0.05) is 38.3 Å². The van der Waals surface area contributed by atoms with Crippen molar-refractivity contribution in [3.05, 3.63) is 48.0 Å². The van der Waals surface area contributed by atoms with Crippen molar-refractivity contribution in [1.82, 2.24) is 9.62 Å². The fraction of sp³-hybridized carbons (Fsp3) is 0.391. The standard InChI is InChI=1S/C23H27N3O6S/c1-3-25(4-2)33(29,30)19-8-6-18(7-9-19)26-14-17(12-22(26)27)23(28)24-13-16-5-10-20-21(11-16)32-15-31-20/h5-11,17H,3-4,12-15H2,1-2H3,(H,24,28). The highest BCUT2D eigenvalue weighted by Gasteiger charge is 2.35. The van der Waals surface area contributed by atoms with Crippen molar-refractivity contribution in [2.24, 2.45) is 5.92 Å². The molecule has 0 aliphatic carbocycles. The smallest absolute Gasteiger partial charge is 0.243 e. The van der Waals surface area contributed by atoms with E-state index in [4.69, 9.17) is 9.47 Å². The zero-order chi connectivity index (χ0) is 23.6. The second-order valence-electron chi connectivity index (χ2n) is 7.89. The molecule has 2 amide bonds. The Bertz CT molecular complexity index is 1150. The van der Waals surface area contributed by atoms with Crippen LogP contribution in [0.25, 0.3) is 0 Å². The molecule has 10 heteroatoms. The van der Waals surface area contributed by atoms with Crippen molar-refractivity contribution < 1.29 is 27.5 Å². The first-order valence-corrected chi connectivity index (χ1v) is 12.3. The Morgan fingerprint density at radius 1 is 1.09 bits per heavy atom. The van der Waals surface area contributed by atoms with E-state index in [9.17, 15) is 18.0 Å². The van der Waals surface area contributed by atoms with Gasteiger partial charge in [-0.15, -0.1) is 0 Å². The number of ether oxygens (including phenoxy) is 2. The molecule has 2 aromatic carbocycles. The van der Waals surface area contributed by atoms with Crippen molar-refractivity contribution in [1.29, 1.82) is 0 Å². The highest BCUT2D eigenvalue weighted by molar-refractivity contribution is 7.89. The summed E-state index contributed by atoms with van der Waals surface area (Å²) < 4.78 is 37.3. The van der Waals surface area contributed by atoms with Gasteiger partial charge in [0.15, 0.2) is 11.5 Å². The monoisotopic (exact) mass is 473 g/mol. The van der Waals surface area contributed by atoms with Gasteiger partial charge in [0.05, 0.1) is 10.8 Å². The number of sulfonamides is 1. The van der Waals surface area contributed by atoms with Crippen molar-refractivity contribution >= 4 is 27.5 Å². The summed E-state index contributed by atoms with van der Waals surface area (Å²) >= 11 is 0. The van der Waals surface area contributed by atoms with E-state index in [1.165, 1.54) is 21.3 Å². The lowest BCUT2D eigenvalue weighted by molar-refractivity contribution is -0.126. The first kappa shape index (κ1) is 23.1. The molecule has 2 aromatic rings. The molecule has 0 radical (unpaired) electrons. The number of amides is 2. The van der Waals surface area contributed by atoms with E-state index in [1.54, 1.807) is 32.0 Å². The van der Waals surface area contributed by atoms with Crippen LogP contribution in [0.3, 0.4) is 0 Å². The molecule has 0 bridgehead atoms. The molecule has 0 spiro atoms. The summed E-state index contributed by atoms with van der Waals surface area (Å²) in [5.41, 5.74) is 1.45. The van der Waals surface area contributed by atoms with E-state index in [2.05, 4.69) is 5.32 Å². The van der Waals surface area contributed by atoms with E-state index >= 15 is 0 Å². The molecule has 176 valence electrons. The zero-order valence-corrected chi connectivity index (χ0v) is 19.4. The lowest BCUT2D eigenvalue weighted by Gasteiger charge is -2.20. The maximum atomic E-state index is 12.7. The van der Waals surface area contributed by atoms with Crippen LogP contribution in [0.2, 0.25) is 0 Å². The summed E-state index contributed by atoms with van der Waals surface area (Å²) in [5.74, 6) is 0.473. The molecule has 1 fully saturated rings. The van der Waals surface area contributed by atoms with E-state index in [1.807, 2.05) is 12.1 Å². The first-order valence-electron chi connectivity index (χ1n) is 10.9. The summed E-state index contributed by atoms with van der Waals surface area (Å²) in [5, 5.41) is 2.88. The van der Waals surface area contributed by atoms with E-state index < -0.39 is 15.9 Å². The Labute approximate surface area is 193 Å². The van der Waals surface area contributed by atoms with Crippen molar-refractivity contribution in [3.8, 4) is 11.5 Å². The van der Waals surface area contributed by atoms with Crippen molar-refractivity contribution in [2.45, 2.75) is 31.7 Å². The van der Waals surface area contributed by atoms with E-state index in [0.29, 0.717) is 36.8 Å². The third-order valence-electron chi connectivity index (χ3n) is 5.89. The SMILES string of the molecule is CCN(CC)S(=O)(=O)c1ccc(N2CC(C(=O)NCc3ccc4c(c3)OCO4)CC2=O)cc1. The fourth-order valence-corrected chi connectivity index (χ4v) is 5.49. The molecule has 1 unspecified atom stereocenters. The van der Waals surface area contributed by atoms with Crippen LogP contribution < -0.4 is 19.7 Å². The second kappa shape index (κ2) is 9.40. The quantitative estimate of drug-likeness (QED) is 0.630. The molecular formula is C23H27N3O6S. The minimum absolute atomic E-state index is 0.104. The highest BCUT2D eigenvalue weighted by Crippen LogP contribution is 2.32. The van der Waals surface area contributed by atoms with Gasteiger partial charge < -0.3 is 19.7 Å². The zero-order valence-electron chi connectivity index (χ0n) is 18.6. The van der Waals surface area contributed by atoms with Crippen LogP contribution in [-0.4, -0.2) is 51.0 Å². The number of fused-ring (bicyclic) bond motifs is 1. The highest BCUT2D eigenvalue weighted by atomic mass is 32.2. The minimum Gasteiger partial charge on any atom is -0.454 e. The predicted octanol–water partition coefficient (Wildman–Crippen LogP) is 2.12. The predicted molar refractivity (Wildman–Crippen MR) is 121 cm³/mol. The Morgan fingerprint density at radius 2 is 1.79 bits per heavy atom. The number of nitrogens with zero attached hydrogens (tertiary/aromatic N) is 2. The summed E-state index contributed by atoms with van der Waals surface area (Å²) in [6.45, 7) is 5.09. The molecule has 9 nitrogen and oxygen atoms in total. The normalized spacial score (nSPS) is 17.6. The average Bonchev–Trinajstić information content (AvgIpc) is 3.44. The Hall–Kier alpha value is -3.11. The Balaban J connectivity index is 1.38. The fourth-order valence-electron chi connectivity index (χ4n) is 4.03. The molecule has 1 saturated heterocycles. The lowest BCUT2D eigenvalue weighted by Crippen LogP contribution is -2.32. The number of nitrogens with one attached hydrogen (secondary N) is 1. The molecule has 0 saturated carbocycles. The van der Waals surface area contributed by atoms with Gasteiger partial charge in [0.1, 0.15) is 0 Å². The molecule has 2 heterocycles. The van der Waals surface area contributed by atoms with Gasteiger partial charge >= 0.3 is 0 Å². The molecular weight excluding hydrogens is 446 g/mol. The molecule has 33 heavy (non-hydrogen) atoms. The first-order chi connectivity index (χ1) is 15.8. The van der Waals surface area contributed by atoms with Crippen LogP contribution in [-0.2, 0) is 26.2 Å². The molecule has 2 aliphatic heterocycles. The number of carbonyl (C=O) groups excluding carboxylic acids is 2. The second-order valence-corrected chi connectivity index (χ2v) is 9.83. The van der Waals surface area contributed by atoms with Crippen LogP contribution in [0.15, 0.2) is 47.4 Å². The average molecular weight is 474 g/mol. The van der Waals surface area contributed by atoms with Crippen LogP contribution in [0, 0.1) is 5.92 Å². The number of anilines is 1. The maximum absolute atomic E-state index is 12.7. The number of carbonyl (C=O) groups is 2. The molecule has 1 atom stereocenters. The van der Waals surface area contributed by atoms with Gasteiger partial charge in [-0.2, -0.15) is 4.31 Å². The summed E-state index contributed by atoms with van der Waals surface area (Å²) in [4.78, 5) is 26.9. The Kier molecular flexibility index (Phi) is 6.57. The van der Waals surface area contributed by atoms with E-state index in [0.717, 1.165) is 5.56 Å². The molecule has 2 aliphatic rings. The minimum atomic E-state index is -3.57. The van der Waals surface area contributed by atoms with Crippen LogP contribution in [0.5, 0.6) is 11.5 Å². The maximum Gasteiger partial charge on any atom is 0.243 e. The van der Waals surface area contributed by atoms with Gasteiger partial charge in [0.25, 0.3) is 0 Å². The lowest BCUT2D eigenvalue weighted by atomic mass is 10.1. The van der Waals surface area contributed by atoms with Gasteiger partial charge in [-0.1, -0.05) is 19.9 Å². The Morgan fingerprint density at radius 3 is 2.48 bits per heavy atom. The summed E-state index contributed by atoms with van der Waals surface area (Å²) in [7, 11) is -3.57. The van der Waals surface area contributed by atoms with Crippen LogP contribution >= 0.6 is 0 Å². The van der Waals surface area contributed by atoms with Gasteiger partial charge in [-0.05, 0) is 42.0 Å². The topological polar surface area (TPSA) is 105 Å². The molecule has 4 rings (SSSR count). The molecule has 0 aromatic heterocycles. The van der Waals surface area contributed by atoms with Crippen LogP contribution in [0.1, 0.15) is 25.8 Å². The van der Waals surface area contributed by atoms with Crippen molar-refractivity contribution in [2.75, 3.05) is 31.3 Å². The number of rotatable bonds is 8. The van der Waals surface area contributed by atoms with Gasteiger partial charge in [-0.3, -0.25) is 9.59 Å². The van der Waals surface area contributed by atoms with Crippen molar-refractivity contribution in [3.63, 3.8) is 0 Å². The van der Waals surface area contributed by atoms with Gasteiger partial charge in [-0.25, -0.2) is 8.42 Å². The number of hydrogen-bond acceptors (Lipinski definition) is 6. The largest absolute Gasteiger partial charge is 0.454 e.